The number of hydrogen-bond donors (Lipinski definition) is 2. The van der Waals surface area contributed by atoms with Gasteiger partial charge in [0.25, 0.3) is 11.8 Å². The number of ether oxygens (including phenoxy) is 5. The molecule has 2 unspecified atom stereocenters. The zero-order valence-electron chi connectivity index (χ0n) is 41.2. The van der Waals surface area contributed by atoms with Gasteiger partial charge in [-0.15, -0.1) is 13.2 Å². The molecule has 5 rings (SSSR count). The number of halogens is 4. The highest BCUT2D eigenvalue weighted by Gasteiger charge is 2.31. The first-order valence-electron chi connectivity index (χ1n) is 22.5. The summed E-state index contributed by atoms with van der Waals surface area (Å²) >= 11 is 6.02. The van der Waals surface area contributed by atoms with Gasteiger partial charge in [-0.05, 0) is 120 Å². The molecule has 5 aromatic rings. The summed E-state index contributed by atoms with van der Waals surface area (Å²) < 4.78 is 63.1. The second-order valence-corrected chi connectivity index (χ2v) is 19.2. The first kappa shape index (κ1) is 55.9. The van der Waals surface area contributed by atoms with Crippen molar-refractivity contribution in [1.29, 1.82) is 0 Å². The number of aromatic nitrogens is 2. The van der Waals surface area contributed by atoms with E-state index in [1.807, 2.05) is 50.2 Å². The third-order valence-corrected chi connectivity index (χ3v) is 10.7. The lowest BCUT2D eigenvalue weighted by molar-refractivity contribution is -0.274. The Morgan fingerprint density at radius 1 is 0.600 bits per heavy atom. The van der Waals surface area contributed by atoms with E-state index in [-0.39, 0.29) is 72.5 Å². The standard InChI is InChI=1S/C30H33F3N2O5.C23H29ClN2O4/c1-19-16-24(18-35-27(19)21-10-12-23(13-11-21)40-30(31,32)33)39-25(17-29(2,3)4)20-6-8-22(9-7-20)28(37)34-15-14-26(36)38-5;1-15-12-18(14-26-21(15)24)30-19(13-23(2,3)4)16-6-8-17(9-7-16)22(28)25-11-10-20(27)29-5/h6-13,16,18,25H,14-15,17H2,1-5H3,(H,34,37);6-9,12,14,19H,10-11,13H2,1-5H3,(H,25,28). The van der Waals surface area contributed by atoms with Crippen LogP contribution < -0.4 is 24.8 Å². The minimum Gasteiger partial charge on any atom is -0.484 e. The Labute approximate surface area is 412 Å². The molecule has 2 aromatic heterocycles. The van der Waals surface area contributed by atoms with Gasteiger partial charge in [-0.2, -0.15) is 0 Å². The highest BCUT2D eigenvalue weighted by atomic mass is 35.5. The van der Waals surface area contributed by atoms with Crippen LogP contribution in [0, 0.1) is 24.7 Å². The van der Waals surface area contributed by atoms with Crippen LogP contribution in [-0.2, 0) is 19.1 Å². The fourth-order valence-corrected chi connectivity index (χ4v) is 6.99. The zero-order chi connectivity index (χ0) is 51.8. The number of benzene rings is 3. The van der Waals surface area contributed by atoms with Crippen LogP contribution in [-0.4, -0.2) is 67.4 Å². The molecule has 0 aliphatic carbocycles. The lowest BCUT2D eigenvalue weighted by atomic mass is 9.86. The van der Waals surface area contributed by atoms with Crippen LogP contribution >= 0.6 is 11.6 Å². The maximum Gasteiger partial charge on any atom is 0.573 e. The molecular weight excluding hydrogens is 929 g/mol. The van der Waals surface area contributed by atoms with Gasteiger partial charge in [0.05, 0.1) is 45.1 Å². The van der Waals surface area contributed by atoms with E-state index in [0.717, 1.165) is 28.7 Å². The number of methoxy groups -OCH3 is 2. The fraction of sp³-hybridized carbons (Fsp3) is 0.396. The Morgan fingerprint density at radius 3 is 1.39 bits per heavy atom. The van der Waals surface area contributed by atoms with Crippen molar-refractivity contribution in [2.75, 3.05) is 27.3 Å². The number of carbonyl (C=O) groups excluding carboxylic acids is 4. The van der Waals surface area contributed by atoms with E-state index in [4.69, 9.17) is 21.1 Å². The molecule has 2 atom stereocenters. The molecule has 2 amide bonds. The molecule has 2 N–H and O–H groups in total. The summed E-state index contributed by atoms with van der Waals surface area (Å²) in [6, 6.07) is 23.6. The van der Waals surface area contributed by atoms with Crippen molar-refractivity contribution in [3.8, 4) is 28.5 Å². The van der Waals surface area contributed by atoms with Crippen LogP contribution in [0.5, 0.6) is 17.2 Å². The van der Waals surface area contributed by atoms with Gasteiger partial charge in [-0.25, -0.2) is 4.98 Å². The Balaban J connectivity index is 0.000000318. The average Bonchev–Trinajstić information content (AvgIpc) is 3.29. The molecule has 0 aliphatic rings. The van der Waals surface area contributed by atoms with Crippen molar-refractivity contribution in [1.82, 2.24) is 20.6 Å². The number of hydrogen-bond acceptors (Lipinski definition) is 11. The van der Waals surface area contributed by atoms with Crippen LogP contribution in [0.25, 0.3) is 11.3 Å². The molecule has 0 fully saturated rings. The number of rotatable bonds is 18. The van der Waals surface area contributed by atoms with E-state index < -0.39 is 12.3 Å². The number of carbonyl (C=O) groups is 4. The Kier molecular flexibility index (Phi) is 20.2. The Hall–Kier alpha value is -6.68. The monoisotopic (exact) mass is 990 g/mol. The van der Waals surface area contributed by atoms with Crippen LogP contribution in [0.4, 0.5) is 13.2 Å². The quantitative estimate of drug-likeness (QED) is 0.0634. The number of nitrogens with one attached hydrogen (secondary N) is 2. The van der Waals surface area contributed by atoms with Gasteiger partial charge >= 0.3 is 18.3 Å². The predicted molar refractivity (Wildman–Crippen MR) is 261 cm³/mol. The fourth-order valence-electron chi connectivity index (χ4n) is 6.89. The smallest absolute Gasteiger partial charge is 0.484 e. The topological polar surface area (TPSA) is 164 Å². The summed E-state index contributed by atoms with van der Waals surface area (Å²) in [5, 5.41) is 5.86. The number of aryl methyl sites for hydroxylation is 2. The summed E-state index contributed by atoms with van der Waals surface area (Å²) in [7, 11) is 2.61. The molecular formula is C53H62ClF3N4O9. The van der Waals surface area contributed by atoms with Gasteiger partial charge in [-0.3, -0.25) is 24.2 Å². The summed E-state index contributed by atoms with van der Waals surface area (Å²) in [6.07, 6.45) is -0.404. The number of nitrogens with zero attached hydrogens (tertiary/aromatic N) is 2. The second kappa shape index (κ2) is 25.3. The maximum atomic E-state index is 12.5. The number of esters is 2. The Bertz CT molecular complexity index is 2530. The van der Waals surface area contributed by atoms with Crippen molar-refractivity contribution in [2.24, 2.45) is 10.8 Å². The molecule has 13 nitrogen and oxygen atoms in total. The van der Waals surface area contributed by atoms with Crippen molar-refractivity contribution >= 4 is 35.4 Å². The summed E-state index contributed by atoms with van der Waals surface area (Å²) in [4.78, 5) is 55.8. The van der Waals surface area contributed by atoms with Gasteiger partial charge < -0.3 is 34.3 Å². The lowest BCUT2D eigenvalue weighted by Crippen LogP contribution is -2.26. The van der Waals surface area contributed by atoms with Crippen LogP contribution in [0.2, 0.25) is 5.15 Å². The van der Waals surface area contributed by atoms with E-state index in [1.54, 1.807) is 36.7 Å². The van der Waals surface area contributed by atoms with E-state index in [0.29, 0.717) is 45.5 Å². The Morgan fingerprint density at radius 2 is 1.01 bits per heavy atom. The minimum absolute atomic E-state index is 0.0312. The van der Waals surface area contributed by atoms with Gasteiger partial charge in [0.2, 0.25) is 0 Å². The normalized spacial score (nSPS) is 12.3. The molecule has 0 bridgehead atoms. The summed E-state index contributed by atoms with van der Waals surface area (Å²) in [6.45, 7) is 16.9. The van der Waals surface area contributed by atoms with Crippen molar-refractivity contribution < 1.29 is 56.0 Å². The van der Waals surface area contributed by atoms with E-state index in [9.17, 15) is 32.3 Å². The third kappa shape index (κ3) is 19.0. The molecule has 0 spiro atoms. The molecule has 2 heterocycles. The maximum absolute atomic E-state index is 12.5. The van der Waals surface area contributed by atoms with E-state index in [2.05, 4.69) is 76.4 Å². The van der Waals surface area contributed by atoms with Crippen molar-refractivity contribution in [3.05, 3.63) is 136 Å². The van der Waals surface area contributed by atoms with Crippen LogP contribution in [0.3, 0.4) is 0 Å². The van der Waals surface area contributed by atoms with E-state index >= 15 is 0 Å². The highest BCUT2D eigenvalue weighted by Crippen LogP contribution is 2.36. The molecule has 0 saturated carbocycles. The van der Waals surface area contributed by atoms with Gasteiger partial charge in [-0.1, -0.05) is 77.4 Å². The second-order valence-electron chi connectivity index (χ2n) is 18.8. The third-order valence-electron chi connectivity index (χ3n) is 10.3. The number of alkyl halides is 3. The van der Waals surface area contributed by atoms with Gasteiger partial charge in [0.1, 0.15) is 34.6 Å². The highest BCUT2D eigenvalue weighted by molar-refractivity contribution is 6.30. The van der Waals surface area contributed by atoms with Crippen molar-refractivity contribution in [2.45, 2.75) is 99.6 Å². The molecule has 0 saturated heterocycles. The summed E-state index contributed by atoms with van der Waals surface area (Å²) in [5.41, 5.74) is 5.66. The first-order valence-corrected chi connectivity index (χ1v) is 22.9. The first-order chi connectivity index (χ1) is 32.8. The molecule has 70 heavy (non-hydrogen) atoms. The largest absolute Gasteiger partial charge is 0.573 e. The van der Waals surface area contributed by atoms with Crippen LogP contribution in [0.1, 0.15) is 122 Å². The van der Waals surface area contributed by atoms with Crippen LogP contribution in [0.15, 0.2) is 97.3 Å². The molecule has 0 radical (unpaired) electrons. The molecule has 3 aromatic carbocycles. The van der Waals surface area contributed by atoms with Crippen molar-refractivity contribution in [3.63, 3.8) is 0 Å². The minimum atomic E-state index is -4.75. The van der Waals surface area contributed by atoms with E-state index in [1.165, 1.54) is 38.5 Å². The van der Waals surface area contributed by atoms with Gasteiger partial charge in [0, 0.05) is 29.8 Å². The molecule has 376 valence electrons. The van der Waals surface area contributed by atoms with Gasteiger partial charge in [0.15, 0.2) is 0 Å². The SMILES string of the molecule is COC(=O)CCNC(=O)c1ccc(C(CC(C)(C)C)Oc2cnc(-c3ccc(OC(F)(F)F)cc3)c(C)c2)cc1.COC(=O)CCNC(=O)c1ccc(C(CC(C)(C)C)Oc2cnc(Cl)c(C)c2)cc1. The number of amides is 2. The average molecular weight is 992 g/mol. The predicted octanol–water partition coefficient (Wildman–Crippen LogP) is 11.7. The summed E-state index contributed by atoms with van der Waals surface area (Å²) in [5.74, 6) is -0.409. The molecule has 17 heteroatoms. The lowest BCUT2D eigenvalue weighted by Gasteiger charge is -2.27. The number of pyridine rings is 2. The molecule has 0 aliphatic heterocycles. The zero-order valence-corrected chi connectivity index (χ0v) is 42.0.